The highest BCUT2D eigenvalue weighted by atomic mass is 16.2. The first-order valence-corrected chi connectivity index (χ1v) is 4.73. The van der Waals surface area contributed by atoms with Crippen LogP contribution in [0.1, 0.15) is 27.2 Å². The number of carbonyl (C=O) groups excluding carboxylic acids is 1. The molecule has 76 valence electrons. The SMILES string of the molecule is CC1CN(CCC(C)(C)N)C(=O)N1. The highest BCUT2D eigenvalue weighted by Crippen LogP contribution is 2.09. The average molecular weight is 185 g/mol. The van der Waals surface area contributed by atoms with E-state index >= 15 is 0 Å². The van der Waals surface area contributed by atoms with Crippen molar-refractivity contribution in [3.63, 3.8) is 0 Å². The van der Waals surface area contributed by atoms with Gasteiger partial charge in [-0.05, 0) is 27.2 Å². The molecule has 1 saturated heterocycles. The first kappa shape index (κ1) is 10.3. The van der Waals surface area contributed by atoms with Crippen molar-refractivity contribution >= 4 is 6.03 Å². The number of hydrogen-bond acceptors (Lipinski definition) is 2. The Bertz CT molecular complexity index is 198. The molecule has 2 amide bonds. The Kier molecular flexibility index (Phi) is 2.81. The fraction of sp³-hybridized carbons (Fsp3) is 0.889. The zero-order chi connectivity index (χ0) is 10.1. The first-order chi connectivity index (χ1) is 5.88. The fourth-order valence-electron chi connectivity index (χ4n) is 1.38. The summed E-state index contributed by atoms with van der Waals surface area (Å²) in [5.41, 5.74) is 5.65. The Labute approximate surface area is 79.5 Å². The van der Waals surface area contributed by atoms with Crippen LogP contribution in [0.5, 0.6) is 0 Å². The molecular formula is C9H19N3O. The monoisotopic (exact) mass is 185 g/mol. The average Bonchev–Trinajstić information content (AvgIpc) is 2.24. The van der Waals surface area contributed by atoms with Crippen molar-refractivity contribution < 1.29 is 4.79 Å². The van der Waals surface area contributed by atoms with E-state index in [1.807, 2.05) is 25.7 Å². The Morgan fingerprint density at radius 3 is 2.69 bits per heavy atom. The highest BCUT2D eigenvalue weighted by Gasteiger charge is 2.26. The minimum absolute atomic E-state index is 0.0387. The van der Waals surface area contributed by atoms with E-state index in [0.717, 1.165) is 19.5 Å². The maximum atomic E-state index is 11.3. The van der Waals surface area contributed by atoms with Gasteiger partial charge in [-0.25, -0.2) is 4.79 Å². The minimum atomic E-state index is -0.188. The second kappa shape index (κ2) is 3.54. The number of rotatable bonds is 3. The van der Waals surface area contributed by atoms with Crippen LogP contribution in [-0.4, -0.2) is 35.6 Å². The second-order valence-electron chi connectivity index (χ2n) is 4.54. The van der Waals surface area contributed by atoms with E-state index in [4.69, 9.17) is 5.73 Å². The summed E-state index contributed by atoms with van der Waals surface area (Å²) in [6.07, 6.45) is 0.840. The van der Waals surface area contributed by atoms with Gasteiger partial charge in [0.25, 0.3) is 0 Å². The van der Waals surface area contributed by atoms with Crippen LogP contribution < -0.4 is 11.1 Å². The van der Waals surface area contributed by atoms with Crippen molar-refractivity contribution in [1.29, 1.82) is 0 Å². The summed E-state index contributed by atoms with van der Waals surface area (Å²) in [5.74, 6) is 0. The number of nitrogens with one attached hydrogen (secondary N) is 1. The molecule has 0 bridgehead atoms. The Hall–Kier alpha value is -0.770. The van der Waals surface area contributed by atoms with Gasteiger partial charge in [-0.3, -0.25) is 0 Å². The van der Waals surface area contributed by atoms with Gasteiger partial charge < -0.3 is 16.0 Å². The summed E-state index contributed by atoms with van der Waals surface area (Å²) in [7, 11) is 0. The molecule has 0 aliphatic carbocycles. The Balaban J connectivity index is 2.34. The topological polar surface area (TPSA) is 58.4 Å². The van der Waals surface area contributed by atoms with Gasteiger partial charge in [-0.1, -0.05) is 0 Å². The van der Waals surface area contributed by atoms with Crippen molar-refractivity contribution in [1.82, 2.24) is 10.2 Å². The molecule has 0 aromatic carbocycles. The maximum absolute atomic E-state index is 11.3. The van der Waals surface area contributed by atoms with Gasteiger partial charge in [0, 0.05) is 24.7 Å². The molecule has 1 aliphatic rings. The van der Waals surface area contributed by atoms with E-state index in [2.05, 4.69) is 5.32 Å². The largest absolute Gasteiger partial charge is 0.334 e. The molecule has 1 unspecified atom stereocenters. The molecule has 1 heterocycles. The van der Waals surface area contributed by atoms with E-state index in [9.17, 15) is 4.79 Å². The lowest BCUT2D eigenvalue weighted by Gasteiger charge is -2.22. The molecular weight excluding hydrogens is 166 g/mol. The van der Waals surface area contributed by atoms with Crippen LogP contribution in [0.4, 0.5) is 4.79 Å². The zero-order valence-corrected chi connectivity index (χ0v) is 8.63. The number of amides is 2. The van der Waals surface area contributed by atoms with Crippen LogP contribution >= 0.6 is 0 Å². The van der Waals surface area contributed by atoms with E-state index < -0.39 is 0 Å². The molecule has 0 aromatic heterocycles. The third-order valence-electron chi connectivity index (χ3n) is 2.18. The number of urea groups is 1. The highest BCUT2D eigenvalue weighted by molar-refractivity contribution is 5.76. The van der Waals surface area contributed by atoms with Crippen LogP contribution in [0.3, 0.4) is 0 Å². The predicted molar refractivity (Wildman–Crippen MR) is 52.5 cm³/mol. The summed E-state index contributed by atoms with van der Waals surface area (Å²) in [4.78, 5) is 13.1. The van der Waals surface area contributed by atoms with Gasteiger partial charge in [0.05, 0.1) is 0 Å². The fourth-order valence-corrected chi connectivity index (χ4v) is 1.38. The summed E-state index contributed by atoms with van der Waals surface area (Å²) in [5, 5.41) is 2.85. The molecule has 0 radical (unpaired) electrons. The van der Waals surface area contributed by atoms with Crippen molar-refractivity contribution in [2.75, 3.05) is 13.1 Å². The van der Waals surface area contributed by atoms with E-state index in [0.29, 0.717) is 0 Å². The lowest BCUT2D eigenvalue weighted by atomic mass is 10.0. The van der Waals surface area contributed by atoms with Crippen LogP contribution in [0.25, 0.3) is 0 Å². The molecule has 1 atom stereocenters. The van der Waals surface area contributed by atoms with Gasteiger partial charge in [-0.2, -0.15) is 0 Å². The summed E-state index contributed by atoms with van der Waals surface area (Å²) in [6.45, 7) is 7.51. The van der Waals surface area contributed by atoms with Crippen molar-refractivity contribution in [3.8, 4) is 0 Å². The third kappa shape index (κ3) is 3.22. The number of carbonyl (C=O) groups is 1. The molecule has 3 N–H and O–H groups in total. The normalized spacial score (nSPS) is 23.5. The van der Waals surface area contributed by atoms with Gasteiger partial charge in [0.2, 0.25) is 0 Å². The summed E-state index contributed by atoms with van der Waals surface area (Å²) < 4.78 is 0. The second-order valence-corrected chi connectivity index (χ2v) is 4.54. The molecule has 0 spiro atoms. The number of nitrogens with zero attached hydrogens (tertiary/aromatic N) is 1. The van der Waals surface area contributed by atoms with E-state index in [-0.39, 0.29) is 17.6 Å². The molecule has 4 nitrogen and oxygen atoms in total. The van der Waals surface area contributed by atoms with Gasteiger partial charge >= 0.3 is 6.03 Å². The molecule has 1 rings (SSSR count). The summed E-state index contributed by atoms with van der Waals surface area (Å²) >= 11 is 0. The molecule has 0 saturated carbocycles. The van der Waals surface area contributed by atoms with E-state index in [1.54, 1.807) is 0 Å². The van der Waals surface area contributed by atoms with Crippen molar-refractivity contribution in [3.05, 3.63) is 0 Å². The molecule has 13 heavy (non-hydrogen) atoms. The molecule has 1 fully saturated rings. The minimum Gasteiger partial charge on any atom is -0.334 e. The quantitative estimate of drug-likeness (QED) is 0.673. The lowest BCUT2D eigenvalue weighted by Crippen LogP contribution is -2.38. The molecule has 4 heteroatoms. The van der Waals surface area contributed by atoms with Gasteiger partial charge in [0.15, 0.2) is 0 Å². The van der Waals surface area contributed by atoms with Crippen LogP contribution in [0.2, 0.25) is 0 Å². The smallest absolute Gasteiger partial charge is 0.317 e. The molecule has 0 aromatic rings. The van der Waals surface area contributed by atoms with Gasteiger partial charge in [0.1, 0.15) is 0 Å². The number of hydrogen-bond donors (Lipinski definition) is 2. The van der Waals surface area contributed by atoms with Crippen LogP contribution in [0.15, 0.2) is 0 Å². The summed E-state index contributed by atoms with van der Waals surface area (Å²) in [6, 6.07) is 0.310. The predicted octanol–water partition coefficient (Wildman–Crippen LogP) is 0.528. The first-order valence-electron chi connectivity index (χ1n) is 4.73. The van der Waals surface area contributed by atoms with Crippen LogP contribution in [0, 0.1) is 0 Å². The maximum Gasteiger partial charge on any atom is 0.317 e. The Morgan fingerprint density at radius 1 is 1.69 bits per heavy atom. The van der Waals surface area contributed by atoms with E-state index in [1.165, 1.54) is 0 Å². The molecule has 1 aliphatic heterocycles. The van der Waals surface area contributed by atoms with Crippen molar-refractivity contribution in [2.45, 2.75) is 38.8 Å². The Morgan fingerprint density at radius 2 is 2.31 bits per heavy atom. The van der Waals surface area contributed by atoms with Crippen molar-refractivity contribution in [2.24, 2.45) is 5.73 Å². The lowest BCUT2D eigenvalue weighted by molar-refractivity contribution is 0.213. The third-order valence-corrected chi connectivity index (χ3v) is 2.18. The standard InChI is InChI=1S/C9H19N3O/c1-7-6-12(8(13)11-7)5-4-9(2,3)10/h7H,4-6,10H2,1-3H3,(H,11,13). The zero-order valence-electron chi connectivity index (χ0n) is 8.63. The van der Waals surface area contributed by atoms with Crippen LogP contribution in [-0.2, 0) is 0 Å². The van der Waals surface area contributed by atoms with Gasteiger partial charge in [-0.15, -0.1) is 0 Å². The number of nitrogens with two attached hydrogens (primary N) is 1.